The number of ether oxygens (including phenoxy) is 2. The minimum absolute atomic E-state index is 0.616. The molecule has 27 heavy (non-hydrogen) atoms. The van der Waals surface area contributed by atoms with Crippen LogP contribution in [0.5, 0.6) is 5.75 Å². The Bertz CT molecular complexity index is 687. The van der Waals surface area contributed by atoms with E-state index in [1.807, 2.05) is 30.3 Å². The van der Waals surface area contributed by atoms with E-state index in [0.717, 1.165) is 56.5 Å². The van der Waals surface area contributed by atoms with Crippen LogP contribution in [0.1, 0.15) is 24.0 Å². The maximum absolute atomic E-state index is 5.97. The van der Waals surface area contributed by atoms with Gasteiger partial charge in [0.05, 0.1) is 0 Å². The standard InChI is InChI=1S/C22H29ClN2O2/c1-25(21-9-12-26-13-10-21)11-14-27-22-4-2-3-19(15-22)17-24-16-18-5-7-20(23)8-6-18/h2-8,15,21,24H,9-14,16-17H2,1H3. The average Bonchev–Trinajstić information content (AvgIpc) is 2.70. The molecule has 0 aromatic heterocycles. The van der Waals surface area contributed by atoms with Crippen molar-refractivity contribution >= 4 is 11.6 Å². The average molecular weight is 389 g/mol. The molecule has 2 aromatic rings. The summed E-state index contributed by atoms with van der Waals surface area (Å²) in [5.41, 5.74) is 2.45. The number of nitrogens with one attached hydrogen (secondary N) is 1. The molecular weight excluding hydrogens is 360 g/mol. The molecule has 0 atom stereocenters. The summed E-state index contributed by atoms with van der Waals surface area (Å²) in [5, 5.41) is 4.23. The lowest BCUT2D eigenvalue weighted by Crippen LogP contribution is -2.38. The van der Waals surface area contributed by atoms with Crippen LogP contribution in [0.15, 0.2) is 48.5 Å². The molecule has 146 valence electrons. The third-order valence-corrected chi connectivity index (χ3v) is 5.25. The highest BCUT2D eigenvalue weighted by Gasteiger charge is 2.17. The molecule has 0 spiro atoms. The Morgan fingerprint density at radius 3 is 2.59 bits per heavy atom. The van der Waals surface area contributed by atoms with Crippen molar-refractivity contribution in [3.8, 4) is 5.75 Å². The first-order chi connectivity index (χ1) is 13.2. The number of likely N-dealkylation sites (N-methyl/N-ethyl adjacent to an activating group) is 1. The van der Waals surface area contributed by atoms with Crippen molar-refractivity contribution in [1.29, 1.82) is 0 Å². The van der Waals surface area contributed by atoms with Crippen molar-refractivity contribution < 1.29 is 9.47 Å². The third kappa shape index (κ3) is 6.82. The zero-order valence-electron chi connectivity index (χ0n) is 16.0. The van der Waals surface area contributed by atoms with Gasteiger partial charge in [0.25, 0.3) is 0 Å². The van der Waals surface area contributed by atoms with E-state index in [4.69, 9.17) is 21.1 Å². The van der Waals surface area contributed by atoms with Gasteiger partial charge < -0.3 is 14.8 Å². The fourth-order valence-corrected chi connectivity index (χ4v) is 3.44. The summed E-state index contributed by atoms with van der Waals surface area (Å²) >= 11 is 5.92. The molecule has 1 fully saturated rings. The molecular formula is C22H29ClN2O2. The first kappa shape index (κ1) is 20.2. The van der Waals surface area contributed by atoms with Gasteiger partial charge in [-0.25, -0.2) is 0 Å². The van der Waals surface area contributed by atoms with Crippen LogP contribution in [-0.4, -0.2) is 44.4 Å². The molecule has 1 saturated heterocycles. The van der Waals surface area contributed by atoms with Gasteiger partial charge in [0.1, 0.15) is 12.4 Å². The SMILES string of the molecule is CN(CCOc1cccc(CNCc2ccc(Cl)cc2)c1)C1CCOCC1. The smallest absolute Gasteiger partial charge is 0.119 e. The predicted octanol–water partition coefficient (Wildman–Crippen LogP) is 4.12. The van der Waals surface area contributed by atoms with E-state index >= 15 is 0 Å². The second-order valence-corrected chi connectivity index (χ2v) is 7.49. The first-order valence-corrected chi connectivity index (χ1v) is 10.0. The minimum Gasteiger partial charge on any atom is -0.492 e. The van der Waals surface area contributed by atoms with Crippen molar-refractivity contribution in [1.82, 2.24) is 10.2 Å². The molecule has 1 heterocycles. The summed E-state index contributed by atoms with van der Waals surface area (Å²) in [6.45, 7) is 5.01. The van der Waals surface area contributed by atoms with Crippen LogP contribution >= 0.6 is 11.6 Å². The topological polar surface area (TPSA) is 33.7 Å². The number of hydrogen-bond donors (Lipinski definition) is 1. The Labute approximate surface area is 167 Å². The maximum Gasteiger partial charge on any atom is 0.119 e. The number of hydrogen-bond acceptors (Lipinski definition) is 4. The van der Waals surface area contributed by atoms with Gasteiger partial charge in [-0.05, 0) is 55.3 Å². The van der Waals surface area contributed by atoms with E-state index in [1.54, 1.807) is 0 Å². The molecule has 4 nitrogen and oxygen atoms in total. The Morgan fingerprint density at radius 2 is 1.81 bits per heavy atom. The predicted molar refractivity (Wildman–Crippen MR) is 110 cm³/mol. The molecule has 0 radical (unpaired) electrons. The van der Waals surface area contributed by atoms with Gasteiger partial charge in [-0.1, -0.05) is 35.9 Å². The fraction of sp³-hybridized carbons (Fsp3) is 0.455. The van der Waals surface area contributed by atoms with Crippen LogP contribution in [0, 0.1) is 0 Å². The van der Waals surface area contributed by atoms with Crippen molar-refractivity contribution in [2.75, 3.05) is 33.4 Å². The molecule has 1 N–H and O–H groups in total. The lowest BCUT2D eigenvalue weighted by Gasteiger charge is -2.31. The molecule has 0 aliphatic carbocycles. The van der Waals surface area contributed by atoms with E-state index in [-0.39, 0.29) is 0 Å². The van der Waals surface area contributed by atoms with E-state index in [1.165, 1.54) is 11.1 Å². The van der Waals surface area contributed by atoms with Crippen molar-refractivity contribution in [3.05, 3.63) is 64.7 Å². The number of halogens is 1. The molecule has 0 saturated carbocycles. The zero-order valence-corrected chi connectivity index (χ0v) is 16.8. The summed E-state index contributed by atoms with van der Waals surface area (Å²) < 4.78 is 11.4. The zero-order chi connectivity index (χ0) is 18.9. The van der Waals surface area contributed by atoms with E-state index in [9.17, 15) is 0 Å². The third-order valence-electron chi connectivity index (χ3n) is 5.00. The summed E-state index contributed by atoms with van der Waals surface area (Å²) in [7, 11) is 2.18. The number of nitrogens with zero attached hydrogens (tertiary/aromatic N) is 1. The summed E-state index contributed by atoms with van der Waals surface area (Å²) in [4.78, 5) is 2.39. The Balaban J connectivity index is 1.39. The van der Waals surface area contributed by atoms with E-state index in [2.05, 4.69) is 35.5 Å². The van der Waals surface area contributed by atoms with Crippen LogP contribution in [-0.2, 0) is 17.8 Å². The molecule has 0 amide bonds. The van der Waals surface area contributed by atoms with Gasteiger partial charge in [-0.15, -0.1) is 0 Å². The molecule has 1 aliphatic rings. The summed E-state index contributed by atoms with van der Waals surface area (Å²) in [6.07, 6.45) is 2.23. The maximum atomic E-state index is 5.97. The molecule has 5 heteroatoms. The highest BCUT2D eigenvalue weighted by Crippen LogP contribution is 2.15. The van der Waals surface area contributed by atoms with Crippen LogP contribution in [0.3, 0.4) is 0 Å². The second kappa shape index (κ2) is 10.7. The summed E-state index contributed by atoms with van der Waals surface area (Å²) in [6, 6.07) is 16.9. The largest absolute Gasteiger partial charge is 0.492 e. The van der Waals surface area contributed by atoms with Gasteiger partial charge in [0.15, 0.2) is 0 Å². The monoisotopic (exact) mass is 388 g/mol. The van der Waals surface area contributed by atoms with Crippen LogP contribution in [0.4, 0.5) is 0 Å². The highest BCUT2D eigenvalue weighted by atomic mass is 35.5. The van der Waals surface area contributed by atoms with Crippen molar-refractivity contribution in [3.63, 3.8) is 0 Å². The van der Waals surface area contributed by atoms with Crippen molar-refractivity contribution in [2.45, 2.75) is 32.0 Å². The lowest BCUT2D eigenvalue weighted by atomic mass is 10.1. The van der Waals surface area contributed by atoms with Crippen LogP contribution < -0.4 is 10.1 Å². The van der Waals surface area contributed by atoms with Gasteiger partial charge in [-0.3, -0.25) is 4.90 Å². The Kier molecular flexibility index (Phi) is 7.96. The molecule has 2 aromatic carbocycles. The van der Waals surface area contributed by atoms with Gasteiger partial charge in [0.2, 0.25) is 0 Å². The second-order valence-electron chi connectivity index (χ2n) is 7.05. The lowest BCUT2D eigenvalue weighted by molar-refractivity contribution is 0.0392. The minimum atomic E-state index is 0.616. The summed E-state index contributed by atoms with van der Waals surface area (Å²) in [5.74, 6) is 0.932. The quantitative estimate of drug-likeness (QED) is 0.700. The van der Waals surface area contributed by atoms with Crippen molar-refractivity contribution in [2.24, 2.45) is 0 Å². The van der Waals surface area contributed by atoms with E-state index in [0.29, 0.717) is 12.6 Å². The Hall–Kier alpha value is -1.59. The first-order valence-electron chi connectivity index (χ1n) is 9.65. The molecule has 1 aliphatic heterocycles. The van der Waals surface area contributed by atoms with Gasteiger partial charge in [-0.2, -0.15) is 0 Å². The molecule has 0 unspecified atom stereocenters. The van der Waals surface area contributed by atoms with Gasteiger partial charge >= 0.3 is 0 Å². The molecule has 3 rings (SSSR count). The van der Waals surface area contributed by atoms with Crippen LogP contribution in [0.2, 0.25) is 5.02 Å². The van der Waals surface area contributed by atoms with E-state index < -0.39 is 0 Å². The normalized spacial score (nSPS) is 15.2. The fourth-order valence-electron chi connectivity index (χ4n) is 3.31. The Morgan fingerprint density at radius 1 is 1.07 bits per heavy atom. The highest BCUT2D eigenvalue weighted by molar-refractivity contribution is 6.30. The van der Waals surface area contributed by atoms with Crippen LogP contribution in [0.25, 0.3) is 0 Å². The number of benzene rings is 2. The number of rotatable bonds is 9. The van der Waals surface area contributed by atoms with Gasteiger partial charge in [0, 0.05) is 43.9 Å². The molecule has 0 bridgehead atoms.